The molecule has 38 heavy (non-hydrogen) atoms. The van der Waals surface area contributed by atoms with Gasteiger partial charge in [0.05, 0.1) is 29.8 Å². The maximum Gasteiger partial charge on any atom is 0.338 e. The molecule has 1 unspecified atom stereocenters. The quantitative estimate of drug-likeness (QED) is 0.220. The van der Waals surface area contributed by atoms with Crippen molar-refractivity contribution in [2.24, 2.45) is 0 Å². The van der Waals surface area contributed by atoms with Crippen molar-refractivity contribution in [2.75, 3.05) is 11.9 Å². The first-order valence-electron chi connectivity index (χ1n) is 12.0. The number of fused-ring (bicyclic) bond motifs is 2. The van der Waals surface area contributed by atoms with Crippen molar-refractivity contribution in [3.8, 4) is 11.3 Å². The SMILES string of the molecule is CCOC(=O)c1ccc2c(-c3cccc(Cl)c3)nn(CC(O)Nc3cc(C)c4nc(C)oc4c3)c(=O)c2c1. The number of ether oxygens (including phenoxy) is 1. The molecule has 0 saturated heterocycles. The van der Waals surface area contributed by atoms with Gasteiger partial charge in [-0.1, -0.05) is 29.8 Å². The van der Waals surface area contributed by atoms with Gasteiger partial charge in [0.25, 0.3) is 5.56 Å². The zero-order chi connectivity index (χ0) is 27.0. The number of carbonyl (C=O) groups is 1. The molecule has 0 saturated carbocycles. The van der Waals surface area contributed by atoms with Crippen LogP contribution >= 0.6 is 11.6 Å². The summed E-state index contributed by atoms with van der Waals surface area (Å²) in [5.74, 6) is 0.0139. The summed E-state index contributed by atoms with van der Waals surface area (Å²) in [7, 11) is 0. The molecule has 0 radical (unpaired) electrons. The van der Waals surface area contributed by atoms with Gasteiger partial charge in [-0.05, 0) is 49.7 Å². The minimum absolute atomic E-state index is 0.168. The molecule has 0 bridgehead atoms. The molecule has 0 aliphatic rings. The highest BCUT2D eigenvalue weighted by Crippen LogP contribution is 2.28. The molecule has 194 valence electrons. The second-order valence-electron chi connectivity index (χ2n) is 8.86. The van der Waals surface area contributed by atoms with Crippen LogP contribution < -0.4 is 10.9 Å². The van der Waals surface area contributed by atoms with Crippen molar-refractivity contribution in [3.05, 3.63) is 87.0 Å². The van der Waals surface area contributed by atoms with Gasteiger partial charge in [-0.3, -0.25) is 4.79 Å². The number of hydrogen-bond acceptors (Lipinski definition) is 8. The number of aliphatic hydroxyl groups excluding tert-OH is 1. The Labute approximate surface area is 222 Å². The second kappa shape index (κ2) is 10.3. The Bertz CT molecular complexity index is 1740. The fourth-order valence-electron chi connectivity index (χ4n) is 4.39. The van der Waals surface area contributed by atoms with Gasteiger partial charge in [-0.15, -0.1) is 0 Å². The monoisotopic (exact) mass is 532 g/mol. The number of halogens is 1. The summed E-state index contributed by atoms with van der Waals surface area (Å²) >= 11 is 6.23. The van der Waals surface area contributed by atoms with Crippen molar-refractivity contribution in [1.29, 1.82) is 0 Å². The van der Waals surface area contributed by atoms with E-state index in [0.717, 1.165) is 11.1 Å². The third-order valence-corrected chi connectivity index (χ3v) is 6.28. The zero-order valence-electron chi connectivity index (χ0n) is 21.0. The molecule has 3 aromatic carbocycles. The lowest BCUT2D eigenvalue weighted by Crippen LogP contribution is -2.33. The van der Waals surface area contributed by atoms with Crippen LogP contribution in [0.2, 0.25) is 5.02 Å². The molecule has 0 aliphatic carbocycles. The number of nitrogens with one attached hydrogen (secondary N) is 1. The Morgan fingerprint density at radius 3 is 2.74 bits per heavy atom. The minimum Gasteiger partial charge on any atom is -0.462 e. The third kappa shape index (κ3) is 4.98. The van der Waals surface area contributed by atoms with E-state index >= 15 is 0 Å². The zero-order valence-corrected chi connectivity index (χ0v) is 21.7. The van der Waals surface area contributed by atoms with Crippen LogP contribution in [-0.4, -0.2) is 38.7 Å². The first-order chi connectivity index (χ1) is 18.2. The van der Waals surface area contributed by atoms with Gasteiger partial charge < -0.3 is 19.6 Å². The van der Waals surface area contributed by atoms with Crippen molar-refractivity contribution < 1.29 is 19.1 Å². The highest BCUT2D eigenvalue weighted by atomic mass is 35.5. The predicted molar refractivity (Wildman–Crippen MR) is 146 cm³/mol. The highest BCUT2D eigenvalue weighted by Gasteiger charge is 2.18. The molecule has 10 heteroatoms. The fourth-order valence-corrected chi connectivity index (χ4v) is 4.58. The van der Waals surface area contributed by atoms with Gasteiger partial charge in [0, 0.05) is 34.6 Å². The molecule has 9 nitrogen and oxygen atoms in total. The third-order valence-electron chi connectivity index (χ3n) is 6.04. The van der Waals surface area contributed by atoms with Crippen molar-refractivity contribution >= 4 is 45.1 Å². The maximum absolute atomic E-state index is 13.5. The predicted octanol–water partition coefficient (Wildman–Crippen LogP) is 5.08. The number of nitrogens with zero attached hydrogens (tertiary/aromatic N) is 3. The van der Waals surface area contributed by atoms with E-state index in [0.29, 0.717) is 38.8 Å². The lowest BCUT2D eigenvalue weighted by Gasteiger charge is -2.17. The summed E-state index contributed by atoms with van der Waals surface area (Å²) < 4.78 is 11.9. The number of esters is 1. The van der Waals surface area contributed by atoms with Gasteiger partial charge in [-0.25, -0.2) is 14.5 Å². The van der Waals surface area contributed by atoms with E-state index in [4.69, 9.17) is 20.8 Å². The number of oxazole rings is 1. The summed E-state index contributed by atoms with van der Waals surface area (Å²) in [5, 5.41) is 19.8. The van der Waals surface area contributed by atoms with E-state index in [1.54, 1.807) is 50.2 Å². The number of benzene rings is 3. The Hall–Kier alpha value is -4.21. The van der Waals surface area contributed by atoms with Crippen LogP contribution in [0.1, 0.15) is 28.7 Å². The van der Waals surface area contributed by atoms with Gasteiger partial charge in [0.1, 0.15) is 11.7 Å². The number of rotatable bonds is 7. The van der Waals surface area contributed by atoms with Gasteiger partial charge in [0.15, 0.2) is 11.5 Å². The van der Waals surface area contributed by atoms with Crippen molar-refractivity contribution in [1.82, 2.24) is 14.8 Å². The second-order valence-corrected chi connectivity index (χ2v) is 9.30. The molecule has 0 spiro atoms. The number of aliphatic hydroxyl groups is 1. The molecule has 5 aromatic rings. The van der Waals surface area contributed by atoms with Gasteiger partial charge in [0.2, 0.25) is 0 Å². The van der Waals surface area contributed by atoms with E-state index in [-0.39, 0.29) is 24.1 Å². The molecule has 2 N–H and O–H groups in total. The van der Waals surface area contributed by atoms with Crippen LogP contribution in [0.25, 0.3) is 33.1 Å². The minimum atomic E-state index is -1.17. The van der Waals surface area contributed by atoms with Crippen LogP contribution in [0.3, 0.4) is 0 Å². The first-order valence-corrected chi connectivity index (χ1v) is 12.4. The standard InChI is InChI=1S/C28H25ClN4O5/c1-4-37-28(36)18-8-9-21-22(12-18)27(35)33(32-26(21)17-6-5-7-19(29)11-17)14-24(34)31-20-10-15(2)25-23(13-20)38-16(3)30-25/h5-13,24,31,34H,4,14H2,1-3H3. The van der Waals surface area contributed by atoms with Crippen LogP contribution in [0.15, 0.2) is 63.8 Å². The first kappa shape index (κ1) is 25.4. The summed E-state index contributed by atoms with van der Waals surface area (Å²) in [5.41, 5.74) is 3.78. The molecule has 1 atom stereocenters. The Morgan fingerprint density at radius 1 is 1.16 bits per heavy atom. The van der Waals surface area contributed by atoms with Crippen LogP contribution in [-0.2, 0) is 11.3 Å². The average Bonchev–Trinajstić information content (AvgIpc) is 3.26. The number of aryl methyl sites for hydroxylation is 2. The number of carbonyl (C=O) groups excluding carboxylic acids is 1. The van der Waals surface area contributed by atoms with Crippen LogP contribution in [0.4, 0.5) is 5.69 Å². The lowest BCUT2D eigenvalue weighted by atomic mass is 10.0. The van der Waals surface area contributed by atoms with Gasteiger partial charge in [-0.2, -0.15) is 5.10 Å². The van der Waals surface area contributed by atoms with Crippen molar-refractivity contribution in [3.63, 3.8) is 0 Å². The summed E-state index contributed by atoms with van der Waals surface area (Å²) in [4.78, 5) is 30.2. The molecular formula is C28H25ClN4O5. The van der Waals surface area contributed by atoms with Crippen LogP contribution in [0, 0.1) is 13.8 Å². The number of aromatic nitrogens is 3. The highest BCUT2D eigenvalue weighted by molar-refractivity contribution is 6.30. The summed E-state index contributed by atoms with van der Waals surface area (Å²) in [6, 6.07) is 15.4. The van der Waals surface area contributed by atoms with Crippen molar-refractivity contribution in [2.45, 2.75) is 33.5 Å². The largest absolute Gasteiger partial charge is 0.462 e. The average molecular weight is 533 g/mol. The Balaban J connectivity index is 1.56. The van der Waals surface area contributed by atoms with E-state index in [1.807, 2.05) is 19.1 Å². The molecular weight excluding hydrogens is 508 g/mol. The maximum atomic E-state index is 13.5. The fraction of sp³-hybridized carbons (Fsp3) is 0.214. The van der Waals surface area contributed by atoms with Gasteiger partial charge >= 0.3 is 5.97 Å². The molecule has 0 fully saturated rings. The van der Waals surface area contributed by atoms with Crippen LogP contribution in [0.5, 0.6) is 0 Å². The Kier molecular flexibility index (Phi) is 6.88. The van der Waals surface area contributed by atoms with E-state index in [9.17, 15) is 14.7 Å². The van der Waals surface area contributed by atoms with E-state index in [2.05, 4.69) is 15.4 Å². The normalized spacial score (nSPS) is 12.1. The smallest absolute Gasteiger partial charge is 0.338 e. The Morgan fingerprint density at radius 2 is 1.97 bits per heavy atom. The molecule has 5 rings (SSSR count). The lowest BCUT2D eigenvalue weighted by molar-refractivity contribution is 0.0526. The molecule has 2 heterocycles. The summed E-state index contributed by atoms with van der Waals surface area (Å²) in [6.07, 6.45) is -1.17. The molecule has 2 aromatic heterocycles. The molecule has 0 amide bonds. The number of anilines is 1. The van der Waals surface area contributed by atoms with E-state index < -0.39 is 17.8 Å². The number of hydrogen-bond donors (Lipinski definition) is 2. The van der Waals surface area contributed by atoms with E-state index in [1.165, 1.54) is 10.7 Å². The topological polar surface area (TPSA) is 119 Å². The summed E-state index contributed by atoms with van der Waals surface area (Å²) in [6.45, 7) is 5.42. The molecule has 0 aliphatic heterocycles.